The Morgan fingerprint density at radius 1 is 0.842 bits per heavy atom. The van der Waals surface area contributed by atoms with Crippen molar-refractivity contribution in [2.45, 2.75) is 30.6 Å². The van der Waals surface area contributed by atoms with E-state index in [1.165, 1.54) is 26.5 Å². The van der Waals surface area contributed by atoms with Crippen LogP contribution in [0.3, 0.4) is 0 Å². The summed E-state index contributed by atoms with van der Waals surface area (Å²) < 4.78 is 0. The molecule has 0 aliphatic carbocycles. The van der Waals surface area contributed by atoms with Gasteiger partial charge in [0, 0.05) is 0 Å². The lowest BCUT2D eigenvalue weighted by atomic mass is 10.2. The van der Waals surface area contributed by atoms with E-state index in [1.54, 1.807) is 0 Å². The lowest BCUT2D eigenvalue weighted by molar-refractivity contribution is 1.29. The first-order valence-corrected chi connectivity index (χ1v) is 7.94. The van der Waals surface area contributed by atoms with Crippen molar-refractivity contribution in [3.8, 4) is 0 Å². The Hall–Kier alpha value is -1.47. The predicted molar refractivity (Wildman–Crippen MR) is 85.9 cm³/mol. The van der Waals surface area contributed by atoms with Crippen molar-refractivity contribution >= 4 is 10.9 Å². The van der Waals surface area contributed by atoms with Crippen molar-refractivity contribution in [2.75, 3.05) is 5.75 Å². The number of aryl methyl sites for hydroxylation is 2. The SMILES string of the molecule is C=C(C)C[S+](c1ccc(C)cc1)c1ccc(C)cc1. The number of benzene rings is 2. The maximum Gasteiger partial charge on any atom is 0.161 e. The lowest BCUT2D eigenvalue weighted by Crippen LogP contribution is -2.09. The fraction of sp³-hybridized carbons (Fsp3) is 0.222. The van der Waals surface area contributed by atoms with Crippen molar-refractivity contribution in [2.24, 2.45) is 0 Å². The maximum atomic E-state index is 4.09. The van der Waals surface area contributed by atoms with Crippen LogP contribution in [-0.2, 0) is 10.9 Å². The minimum Gasteiger partial charge on any atom is -0.0955 e. The van der Waals surface area contributed by atoms with E-state index < -0.39 is 0 Å². The molecule has 98 valence electrons. The molecular weight excluding hydrogens is 248 g/mol. The molecule has 2 aromatic rings. The molecule has 2 aromatic carbocycles. The van der Waals surface area contributed by atoms with E-state index in [1.807, 2.05) is 0 Å². The van der Waals surface area contributed by atoms with E-state index in [-0.39, 0.29) is 10.9 Å². The molecule has 0 fully saturated rings. The molecular formula is C18H21S+. The van der Waals surface area contributed by atoms with Gasteiger partial charge in [0.2, 0.25) is 0 Å². The number of hydrogen-bond donors (Lipinski definition) is 0. The van der Waals surface area contributed by atoms with Crippen LogP contribution in [0.5, 0.6) is 0 Å². The van der Waals surface area contributed by atoms with Crippen LogP contribution in [0.15, 0.2) is 70.5 Å². The fourth-order valence-electron chi connectivity index (χ4n) is 1.95. The van der Waals surface area contributed by atoms with Crippen LogP contribution in [0.4, 0.5) is 0 Å². The molecule has 0 saturated heterocycles. The van der Waals surface area contributed by atoms with Crippen molar-refractivity contribution in [1.29, 1.82) is 0 Å². The Morgan fingerprint density at radius 3 is 1.53 bits per heavy atom. The van der Waals surface area contributed by atoms with Gasteiger partial charge in [-0.05, 0) is 50.6 Å². The summed E-state index contributed by atoms with van der Waals surface area (Å²) in [5.41, 5.74) is 3.86. The van der Waals surface area contributed by atoms with Gasteiger partial charge in [-0.3, -0.25) is 0 Å². The average molecular weight is 269 g/mol. The van der Waals surface area contributed by atoms with E-state index in [2.05, 4.69) is 75.9 Å². The van der Waals surface area contributed by atoms with Crippen LogP contribution in [0.25, 0.3) is 0 Å². The summed E-state index contributed by atoms with van der Waals surface area (Å²) in [5, 5.41) is 0. The fourth-order valence-corrected chi connectivity index (χ4v) is 3.98. The van der Waals surface area contributed by atoms with Crippen LogP contribution in [0.2, 0.25) is 0 Å². The Labute approximate surface area is 119 Å². The Balaban J connectivity index is 2.37. The quantitative estimate of drug-likeness (QED) is 0.546. The molecule has 0 N–H and O–H groups in total. The van der Waals surface area contributed by atoms with Gasteiger partial charge in [-0.2, -0.15) is 0 Å². The van der Waals surface area contributed by atoms with Gasteiger partial charge in [0.1, 0.15) is 5.75 Å². The zero-order chi connectivity index (χ0) is 13.8. The third-order valence-electron chi connectivity index (χ3n) is 3.00. The third kappa shape index (κ3) is 3.74. The molecule has 1 heteroatoms. The standard InChI is InChI=1S/C18H21S/c1-14(2)13-19(17-9-5-15(3)6-10-17)18-11-7-16(4)8-12-18/h5-12H,1,13H2,2-4H3/q+1. The summed E-state index contributed by atoms with van der Waals surface area (Å²) in [5.74, 6) is 1.03. The highest BCUT2D eigenvalue weighted by Crippen LogP contribution is 2.25. The summed E-state index contributed by atoms with van der Waals surface area (Å²) in [6.45, 7) is 10.5. The van der Waals surface area contributed by atoms with Crippen molar-refractivity contribution in [1.82, 2.24) is 0 Å². The highest BCUT2D eigenvalue weighted by Gasteiger charge is 2.24. The van der Waals surface area contributed by atoms with E-state index >= 15 is 0 Å². The molecule has 0 atom stereocenters. The van der Waals surface area contributed by atoms with Gasteiger partial charge in [-0.15, -0.1) is 0 Å². The van der Waals surface area contributed by atoms with Gasteiger partial charge < -0.3 is 0 Å². The molecule has 0 aliphatic rings. The normalized spacial score (nSPS) is 10.7. The van der Waals surface area contributed by atoms with Crippen LogP contribution in [-0.4, -0.2) is 5.75 Å². The van der Waals surface area contributed by atoms with Crippen molar-refractivity contribution < 1.29 is 0 Å². The molecule has 2 rings (SSSR count). The molecule has 0 saturated carbocycles. The Kier molecular flexibility index (Phi) is 4.49. The molecule has 0 spiro atoms. The monoisotopic (exact) mass is 269 g/mol. The minimum absolute atomic E-state index is 0.103. The predicted octanol–water partition coefficient (Wildman–Crippen LogP) is 4.92. The molecule has 0 bridgehead atoms. The highest BCUT2D eigenvalue weighted by molar-refractivity contribution is 7.97. The van der Waals surface area contributed by atoms with Crippen LogP contribution in [0.1, 0.15) is 18.1 Å². The second-order valence-corrected chi connectivity index (χ2v) is 7.13. The van der Waals surface area contributed by atoms with Gasteiger partial charge in [-0.25, -0.2) is 0 Å². The zero-order valence-corrected chi connectivity index (χ0v) is 12.8. The lowest BCUT2D eigenvalue weighted by Gasteiger charge is -2.08. The molecule has 0 unspecified atom stereocenters. The van der Waals surface area contributed by atoms with Gasteiger partial charge in [0.05, 0.1) is 10.9 Å². The van der Waals surface area contributed by atoms with Gasteiger partial charge in [-0.1, -0.05) is 42.0 Å². The average Bonchev–Trinajstić information content (AvgIpc) is 2.38. The zero-order valence-electron chi connectivity index (χ0n) is 11.9. The van der Waals surface area contributed by atoms with Crippen LogP contribution < -0.4 is 0 Å². The first kappa shape index (κ1) is 14.0. The molecule has 19 heavy (non-hydrogen) atoms. The first-order chi connectivity index (χ1) is 9.06. The Morgan fingerprint density at radius 2 is 1.21 bits per heavy atom. The van der Waals surface area contributed by atoms with Crippen LogP contribution >= 0.6 is 0 Å². The smallest absolute Gasteiger partial charge is 0.0955 e. The highest BCUT2D eigenvalue weighted by atomic mass is 32.2. The maximum absolute atomic E-state index is 4.09. The molecule has 0 amide bonds. The second-order valence-electron chi connectivity index (χ2n) is 5.12. The second kappa shape index (κ2) is 6.12. The summed E-state index contributed by atoms with van der Waals surface area (Å²) in [6.07, 6.45) is 0. The summed E-state index contributed by atoms with van der Waals surface area (Å²) >= 11 is 0. The molecule has 0 nitrogen and oxygen atoms in total. The topological polar surface area (TPSA) is 0 Å². The Bertz CT molecular complexity index is 504. The number of rotatable bonds is 4. The number of hydrogen-bond acceptors (Lipinski definition) is 0. The van der Waals surface area contributed by atoms with E-state index in [0.29, 0.717) is 0 Å². The minimum atomic E-state index is 0.103. The van der Waals surface area contributed by atoms with Crippen molar-refractivity contribution in [3.05, 3.63) is 71.8 Å². The largest absolute Gasteiger partial charge is 0.161 e. The summed E-state index contributed by atoms with van der Waals surface area (Å²) in [7, 11) is 0.103. The van der Waals surface area contributed by atoms with E-state index in [9.17, 15) is 0 Å². The van der Waals surface area contributed by atoms with E-state index in [0.717, 1.165) is 5.75 Å². The molecule has 0 heterocycles. The first-order valence-electron chi connectivity index (χ1n) is 6.55. The molecule has 0 radical (unpaired) electrons. The van der Waals surface area contributed by atoms with Gasteiger partial charge >= 0.3 is 0 Å². The van der Waals surface area contributed by atoms with E-state index in [4.69, 9.17) is 0 Å². The summed E-state index contributed by atoms with van der Waals surface area (Å²) in [6, 6.07) is 17.8. The van der Waals surface area contributed by atoms with Crippen LogP contribution in [0, 0.1) is 13.8 Å². The third-order valence-corrected chi connectivity index (χ3v) is 5.47. The van der Waals surface area contributed by atoms with Crippen molar-refractivity contribution in [3.63, 3.8) is 0 Å². The van der Waals surface area contributed by atoms with Gasteiger partial charge in [0.15, 0.2) is 9.79 Å². The molecule has 0 aliphatic heterocycles. The molecule has 0 aromatic heterocycles. The van der Waals surface area contributed by atoms with Gasteiger partial charge in [0.25, 0.3) is 0 Å². The summed E-state index contributed by atoms with van der Waals surface area (Å²) in [4.78, 5) is 2.80.